The SMILES string of the molecule is CN(C(=O)CN1CCC(=O)NC1=O)C1CCOc2ccc(Br)cc21. The number of rotatable bonds is 3. The number of carbonyl (C=O) groups excluding carboxylic acids is 3. The van der Waals surface area contributed by atoms with E-state index in [0.717, 1.165) is 15.8 Å². The Bertz CT molecular complexity index is 694. The Morgan fingerprint density at radius 3 is 3.00 bits per heavy atom. The van der Waals surface area contributed by atoms with E-state index in [0.29, 0.717) is 13.0 Å². The number of hydrogen-bond donors (Lipinski definition) is 1. The number of urea groups is 1. The fourth-order valence-electron chi connectivity index (χ4n) is 2.95. The molecule has 0 aromatic heterocycles. The summed E-state index contributed by atoms with van der Waals surface area (Å²) in [5, 5.41) is 2.23. The lowest BCUT2D eigenvalue weighted by Crippen LogP contribution is -2.52. The summed E-state index contributed by atoms with van der Waals surface area (Å²) in [7, 11) is 1.73. The molecule has 1 unspecified atom stereocenters. The zero-order valence-corrected chi connectivity index (χ0v) is 14.8. The van der Waals surface area contributed by atoms with Crippen LogP contribution in [-0.4, -0.2) is 54.4 Å². The van der Waals surface area contributed by atoms with Crippen molar-refractivity contribution in [2.45, 2.75) is 18.9 Å². The summed E-state index contributed by atoms with van der Waals surface area (Å²) in [6, 6.07) is 5.12. The number of likely N-dealkylation sites (N-methyl/N-ethyl adjacent to an activating group) is 1. The Morgan fingerprint density at radius 2 is 2.25 bits per heavy atom. The molecular weight excluding hydrogens is 378 g/mol. The van der Waals surface area contributed by atoms with E-state index in [9.17, 15) is 14.4 Å². The van der Waals surface area contributed by atoms with E-state index in [4.69, 9.17) is 4.74 Å². The maximum atomic E-state index is 12.6. The van der Waals surface area contributed by atoms with Crippen LogP contribution < -0.4 is 10.1 Å². The standard InChI is InChI=1S/C16H18BrN3O4/c1-19(15(22)9-20-6-4-14(21)18-16(20)23)12-5-7-24-13-3-2-10(17)8-11(12)13/h2-3,8,12H,4-7,9H2,1H3,(H,18,21,23). The first-order valence-corrected chi connectivity index (χ1v) is 8.51. The lowest BCUT2D eigenvalue weighted by Gasteiger charge is -2.35. The van der Waals surface area contributed by atoms with E-state index in [1.54, 1.807) is 11.9 Å². The van der Waals surface area contributed by atoms with E-state index in [1.807, 2.05) is 18.2 Å². The van der Waals surface area contributed by atoms with Gasteiger partial charge in [-0.3, -0.25) is 14.9 Å². The number of carbonyl (C=O) groups is 3. The van der Waals surface area contributed by atoms with Gasteiger partial charge in [0.1, 0.15) is 12.3 Å². The molecule has 0 spiro atoms. The van der Waals surface area contributed by atoms with Crippen molar-refractivity contribution in [1.82, 2.24) is 15.1 Å². The van der Waals surface area contributed by atoms with E-state index in [1.165, 1.54) is 4.90 Å². The molecular formula is C16H18BrN3O4. The van der Waals surface area contributed by atoms with Crippen molar-refractivity contribution in [3.05, 3.63) is 28.2 Å². The molecule has 0 saturated carbocycles. The zero-order chi connectivity index (χ0) is 17.3. The van der Waals surface area contributed by atoms with Crippen LogP contribution in [0.5, 0.6) is 5.75 Å². The van der Waals surface area contributed by atoms with Crippen LogP contribution in [0, 0.1) is 0 Å². The number of imide groups is 1. The highest BCUT2D eigenvalue weighted by atomic mass is 79.9. The molecule has 4 amide bonds. The van der Waals surface area contributed by atoms with Crippen molar-refractivity contribution in [3.63, 3.8) is 0 Å². The second-order valence-electron chi connectivity index (χ2n) is 5.86. The molecule has 0 radical (unpaired) electrons. The Balaban J connectivity index is 1.72. The highest BCUT2D eigenvalue weighted by molar-refractivity contribution is 9.10. The maximum absolute atomic E-state index is 12.6. The van der Waals surface area contributed by atoms with Gasteiger partial charge in [0, 0.05) is 36.5 Å². The molecule has 2 aliphatic rings. The predicted octanol–water partition coefficient (Wildman–Crippen LogP) is 1.67. The molecule has 8 heteroatoms. The third-order valence-corrected chi connectivity index (χ3v) is 4.80. The van der Waals surface area contributed by atoms with Crippen LogP contribution in [0.25, 0.3) is 0 Å². The van der Waals surface area contributed by atoms with Crippen LogP contribution in [-0.2, 0) is 9.59 Å². The molecule has 2 aliphatic heterocycles. The fraction of sp³-hybridized carbons (Fsp3) is 0.438. The Morgan fingerprint density at radius 1 is 1.46 bits per heavy atom. The summed E-state index contributed by atoms with van der Waals surface area (Å²) in [5.41, 5.74) is 0.949. The molecule has 1 aromatic carbocycles. The van der Waals surface area contributed by atoms with Gasteiger partial charge in [0.15, 0.2) is 0 Å². The summed E-state index contributed by atoms with van der Waals surface area (Å²) in [6.07, 6.45) is 0.909. The Hall–Kier alpha value is -2.09. The molecule has 3 rings (SSSR count). The third kappa shape index (κ3) is 3.38. The van der Waals surface area contributed by atoms with Gasteiger partial charge in [0.25, 0.3) is 0 Å². The summed E-state index contributed by atoms with van der Waals surface area (Å²) in [5.74, 6) is 0.299. The summed E-state index contributed by atoms with van der Waals surface area (Å²) in [6.45, 7) is 0.756. The number of nitrogens with one attached hydrogen (secondary N) is 1. The van der Waals surface area contributed by atoms with E-state index >= 15 is 0 Å². The van der Waals surface area contributed by atoms with Crippen molar-refractivity contribution in [1.29, 1.82) is 0 Å². The van der Waals surface area contributed by atoms with E-state index in [-0.39, 0.29) is 37.4 Å². The van der Waals surface area contributed by atoms with Crippen LogP contribution in [0.3, 0.4) is 0 Å². The lowest BCUT2D eigenvalue weighted by molar-refractivity contribution is -0.134. The average molecular weight is 396 g/mol. The quantitative estimate of drug-likeness (QED) is 0.843. The molecule has 1 fully saturated rings. The molecule has 24 heavy (non-hydrogen) atoms. The van der Waals surface area contributed by atoms with Gasteiger partial charge in [-0.05, 0) is 18.2 Å². The largest absolute Gasteiger partial charge is 0.493 e. The second kappa shape index (κ2) is 6.80. The minimum atomic E-state index is -0.511. The predicted molar refractivity (Wildman–Crippen MR) is 89.5 cm³/mol. The van der Waals surface area contributed by atoms with Gasteiger partial charge in [-0.15, -0.1) is 0 Å². The topological polar surface area (TPSA) is 79.0 Å². The van der Waals surface area contributed by atoms with Crippen molar-refractivity contribution in [2.24, 2.45) is 0 Å². The minimum Gasteiger partial charge on any atom is -0.493 e. The molecule has 128 valence electrons. The van der Waals surface area contributed by atoms with Crippen LogP contribution >= 0.6 is 15.9 Å². The number of fused-ring (bicyclic) bond motifs is 1. The van der Waals surface area contributed by atoms with Gasteiger partial charge in [0.05, 0.1) is 12.6 Å². The van der Waals surface area contributed by atoms with Crippen molar-refractivity contribution in [2.75, 3.05) is 26.7 Å². The first-order chi connectivity index (χ1) is 11.5. The van der Waals surface area contributed by atoms with E-state index in [2.05, 4.69) is 21.2 Å². The van der Waals surface area contributed by atoms with Crippen LogP contribution in [0.1, 0.15) is 24.4 Å². The Labute approximate surface area is 148 Å². The number of nitrogens with zero attached hydrogens (tertiary/aromatic N) is 2. The fourth-order valence-corrected chi connectivity index (χ4v) is 3.33. The average Bonchev–Trinajstić information content (AvgIpc) is 2.56. The van der Waals surface area contributed by atoms with E-state index < -0.39 is 6.03 Å². The number of hydrogen-bond acceptors (Lipinski definition) is 4. The van der Waals surface area contributed by atoms with Gasteiger partial charge in [-0.25, -0.2) is 4.79 Å². The summed E-state index contributed by atoms with van der Waals surface area (Å²) < 4.78 is 6.57. The highest BCUT2D eigenvalue weighted by Crippen LogP contribution is 2.37. The van der Waals surface area contributed by atoms with Gasteiger partial charge < -0.3 is 14.5 Å². The van der Waals surface area contributed by atoms with Crippen LogP contribution in [0.15, 0.2) is 22.7 Å². The Kier molecular flexibility index (Phi) is 4.75. The zero-order valence-electron chi connectivity index (χ0n) is 13.3. The smallest absolute Gasteiger partial charge is 0.324 e. The highest BCUT2D eigenvalue weighted by Gasteiger charge is 2.31. The van der Waals surface area contributed by atoms with Crippen molar-refractivity contribution >= 4 is 33.8 Å². The van der Waals surface area contributed by atoms with Gasteiger partial charge in [-0.1, -0.05) is 15.9 Å². The van der Waals surface area contributed by atoms with Gasteiger partial charge >= 0.3 is 6.03 Å². The molecule has 1 saturated heterocycles. The first kappa shape index (κ1) is 16.8. The second-order valence-corrected chi connectivity index (χ2v) is 6.78. The molecule has 1 aromatic rings. The molecule has 1 N–H and O–H groups in total. The number of ether oxygens (including phenoxy) is 1. The normalized spacial score (nSPS) is 20.1. The first-order valence-electron chi connectivity index (χ1n) is 7.72. The number of halogens is 1. The van der Waals surface area contributed by atoms with Crippen molar-refractivity contribution in [3.8, 4) is 5.75 Å². The molecule has 0 bridgehead atoms. The maximum Gasteiger partial charge on any atom is 0.324 e. The monoisotopic (exact) mass is 395 g/mol. The summed E-state index contributed by atoms with van der Waals surface area (Å²) >= 11 is 3.45. The third-order valence-electron chi connectivity index (χ3n) is 4.31. The number of amides is 4. The minimum absolute atomic E-state index is 0.0453. The lowest BCUT2D eigenvalue weighted by atomic mass is 9.99. The molecule has 2 heterocycles. The molecule has 0 aliphatic carbocycles. The van der Waals surface area contributed by atoms with Gasteiger partial charge in [0.2, 0.25) is 11.8 Å². The van der Waals surface area contributed by atoms with Crippen molar-refractivity contribution < 1.29 is 19.1 Å². The molecule has 1 atom stereocenters. The van der Waals surface area contributed by atoms with Gasteiger partial charge in [-0.2, -0.15) is 0 Å². The summed E-state index contributed by atoms with van der Waals surface area (Å²) in [4.78, 5) is 38.6. The van der Waals surface area contributed by atoms with Crippen LogP contribution in [0.2, 0.25) is 0 Å². The van der Waals surface area contributed by atoms with Crippen LogP contribution in [0.4, 0.5) is 4.79 Å². The number of benzene rings is 1. The molecule has 7 nitrogen and oxygen atoms in total.